The van der Waals surface area contributed by atoms with Crippen LogP contribution < -0.4 is 10.7 Å². The molecule has 0 saturated heterocycles. The summed E-state index contributed by atoms with van der Waals surface area (Å²) in [6, 6.07) is 14.4. The Bertz CT molecular complexity index is 751. The number of hydrogen-bond acceptors (Lipinski definition) is 4. The lowest BCUT2D eigenvalue weighted by molar-refractivity contribution is -0.122. The van der Waals surface area contributed by atoms with Gasteiger partial charge in [0.15, 0.2) is 0 Å². The Balaban J connectivity index is 2.15. The van der Waals surface area contributed by atoms with Crippen LogP contribution in [0.1, 0.15) is 29.8 Å². The number of benzene rings is 2. The third-order valence-corrected chi connectivity index (χ3v) is 3.42. The highest BCUT2D eigenvalue weighted by molar-refractivity contribution is 5.97. The molecule has 2 rings (SSSR count). The standard InChI is InChI=1S/C19H21N3O3/c1-13(2)21-22-19(25)17(12-14-8-10-16(23)11-9-14)20-18(24)15-6-4-3-5-7-15/h3-11,17,23H,12H2,1-2H3,(H,20,24)(H,22,25)/t17-/m0/s1. The summed E-state index contributed by atoms with van der Waals surface area (Å²) in [7, 11) is 0. The highest BCUT2D eigenvalue weighted by Gasteiger charge is 2.21. The minimum absolute atomic E-state index is 0.143. The van der Waals surface area contributed by atoms with E-state index < -0.39 is 11.9 Å². The van der Waals surface area contributed by atoms with Crippen molar-refractivity contribution in [3.8, 4) is 5.75 Å². The third-order valence-electron chi connectivity index (χ3n) is 3.42. The van der Waals surface area contributed by atoms with Crippen LogP contribution >= 0.6 is 0 Å². The zero-order valence-corrected chi connectivity index (χ0v) is 14.2. The third kappa shape index (κ3) is 5.76. The quantitative estimate of drug-likeness (QED) is 0.557. The zero-order valence-electron chi connectivity index (χ0n) is 14.2. The number of phenols is 1. The monoisotopic (exact) mass is 339 g/mol. The fourth-order valence-corrected chi connectivity index (χ4v) is 2.15. The number of nitrogens with zero attached hydrogens (tertiary/aromatic N) is 1. The summed E-state index contributed by atoms with van der Waals surface area (Å²) in [5.74, 6) is -0.598. The highest BCUT2D eigenvalue weighted by atomic mass is 16.3. The Hall–Kier alpha value is -3.15. The smallest absolute Gasteiger partial charge is 0.262 e. The Kier molecular flexibility index (Phi) is 6.28. The fraction of sp³-hybridized carbons (Fsp3) is 0.211. The van der Waals surface area contributed by atoms with Crippen molar-refractivity contribution in [2.24, 2.45) is 5.10 Å². The van der Waals surface area contributed by atoms with Gasteiger partial charge in [0.1, 0.15) is 11.8 Å². The molecule has 0 spiro atoms. The van der Waals surface area contributed by atoms with Crippen LogP contribution in [-0.2, 0) is 11.2 Å². The van der Waals surface area contributed by atoms with Gasteiger partial charge in [-0.3, -0.25) is 9.59 Å². The van der Waals surface area contributed by atoms with E-state index in [0.29, 0.717) is 11.3 Å². The predicted octanol–water partition coefficient (Wildman–Crippen LogP) is 2.25. The molecule has 2 amide bonds. The second-order valence-corrected chi connectivity index (χ2v) is 5.80. The number of carbonyl (C=O) groups excluding carboxylic acids is 2. The molecule has 0 aromatic heterocycles. The number of aromatic hydroxyl groups is 1. The van der Waals surface area contributed by atoms with Crippen LogP contribution in [0.3, 0.4) is 0 Å². The number of carbonyl (C=O) groups is 2. The maximum Gasteiger partial charge on any atom is 0.262 e. The normalized spacial score (nSPS) is 11.3. The molecule has 0 bridgehead atoms. The van der Waals surface area contributed by atoms with E-state index in [2.05, 4.69) is 15.8 Å². The first-order valence-corrected chi connectivity index (χ1v) is 7.90. The van der Waals surface area contributed by atoms with Crippen molar-refractivity contribution in [3.05, 3.63) is 65.7 Å². The first-order chi connectivity index (χ1) is 12.0. The van der Waals surface area contributed by atoms with E-state index in [0.717, 1.165) is 5.56 Å². The molecule has 1 atom stereocenters. The van der Waals surface area contributed by atoms with Crippen LogP contribution in [0.4, 0.5) is 0 Å². The highest BCUT2D eigenvalue weighted by Crippen LogP contribution is 2.12. The topological polar surface area (TPSA) is 90.8 Å². The van der Waals surface area contributed by atoms with Gasteiger partial charge in [0.2, 0.25) is 0 Å². The van der Waals surface area contributed by atoms with Gasteiger partial charge in [-0.1, -0.05) is 30.3 Å². The number of phenolic OH excluding ortho intramolecular Hbond substituents is 1. The second-order valence-electron chi connectivity index (χ2n) is 5.80. The molecule has 3 N–H and O–H groups in total. The van der Waals surface area contributed by atoms with E-state index in [1.54, 1.807) is 50.2 Å². The molecule has 2 aromatic rings. The van der Waals surface area contributed by atoms with E-state index in [4.69, 9.17) is 0 Å². The molecule has 0 fully saturated rings. The molecule has 6 nitrogen and oxygen atoms in total. The molecule has 2 aromatic carbocycles. The molecule has 0 aliphatic carbocycles. The lowest BCUT2D eigenvalue weighted by Gasteiger charge is -2.17. The molecule has 0 unspecified atom stereocenters. The molecular formula is C19H21N3O3. The molecule has 0 aliphatic rings. The van der Waals surface area contributed by atoms with Crippen molar-refractivity contribution < 1.29 is 14.7 Å². The van der Waals surface area contributed by atoms with E-state index >= 15 is 0 Å². The van der Waals surface area contributed by atoms with Crippen molar-refractivity contribution in [1.29, 1.82) is 0 Å². The van der Waals surface area contributed by atoms with Gasteiger partial charge in [-0.05, 0) is 43.7 Å². The largest absolute Gasteiger partial charge is 0.508 e. The Labute approximate surface area is 146 Å². The van der Waals surface area contributed by atoms with Crippen LogP contribution in [0.25, 0.3) is 0 Å². The predicted molar refractivity (Wildman–Crippen MR) is 96.4 cm³/mol. The minimum atomic E-state index is -0.791. The van der Waals surface area contributed by atoms with E-state index in [9.17, 15) is 14.7 Å². The summed E-state index contributed by atoms with van der Waals surface area (Å²) < 4.78 is 0. The summed E-state index contributed by atoms with van der Waals surface area (Å²) in [5, 5.41) is 16.0. The molecule has 0 aliphatic heterocycles. The summed E-state index contributed by atoms with van der Waals surface area (Å²) in [4.78, 5) is 24.8. The molecular weight excluding hydrogens is 318 g/mol. The number of rotatable bonds is 6. The van der Waals surface area contributed by atoms with Gasteiger partial charge in [-0.25, -0.2) is 5.43 Å². The summed E-state index contributed by atoms with van der Waals surface area (Å²) in [5.41, 5.74) is 4.44. The van der Waals surface area contributed by atoms with Crippen LogP contribution in [0, 0.1) is 0 Å². The lowest BCUT2D eigenvalue weighted by atomic mass is 10.0. The molecule has 0 heterocycles. The molecule has 0 radical (unpaired) electrons. The van der Waals surface area contributed by atoms with Gasteiger partial charge >= 0.3 is 0 Å². The van der Waals surface area contributed by atoms with Crippen LogP contribution in [0.5, 0.6) is 5.75 Å². The Morgan fingerprint density at radius 2 is 1.68 bits per heavy atom. The Morgan fingerprint density at radius 1 is 1.04 bits per heavy atom. The van der Waals surface area contributed by atoms with Crippen LogP contribution in [-0.4, -0.2) is 28.7 Å². The molecule has 6 heteroatoms. The molecule has 0 saturated carbocycles. The number of amides is 2. The summed E-state index contributed by atoms with van der Waals surface area (Å²) >= 11 is 0. The summed E-state index contributed by atoms with van der Waals surface area (Å²) in [6.07, 6.45) is 0.281. The van der Waals surface area contributed by atoms with Gasteiger partial charge in [0.25, 0.3) is 11.8 Å². The lowest BCUT2D eigenvalue weighted by Crippen LogP contribution is -2.47. The maximum atomic E-state index is 12.4. The van der Waals surface area contributed by atoms with Crippen LogP contribution in [0.15, 0.2) is 59.7 Å². The van der Waals surface area contributed by atoms with E-state index in [1.165, 1.54) is 12.1 Å². The summed E-state index contributed by atoms with van der Waals surface area (Å²) in [6.45, 7) is 3.52. The first kappa shape index (κ1) is 18.2. The maximum absolute atomic E-state index is 12.4. The van der Waals surface area contributed by atoms with E-state index in [-0.39, 0.29) is 18.1 Å². The van der Waals surface area contributed by atoms with Crippen molar-refractivity contribution in [2.45, 2.75) is 26.3 Å². The number of hydrazone groups is 1. The van der Waals surface area contributed by atoms with Gasteiger partial charge < -0.3 is 10.4 Å². The van der Waals surface area contributed by atoms with Crippen molar-refractivity contribution in [2.75, 3.05) is 0 Å². The Morgan fingerprint density at radius 3 is 2.28 bits per heavy atom. The molecule has 25 heavy (non-hydrogen) atoms. The average molecular weight is 339 g/mol. The van der Waals surface area contributed by atoms with Gasteiger partial charge in [-0.2, -0.15) is 5.10 Å². The zero-order chi connectivity index (χ0) is 18.2. The fourth-order valence-electron chi connectivity index (χ4n) is 2.15. The van der Waals surface area contributed by atoms with Crippen molar-refractivity contribution in [1.82, 2.24) is 10.7 Å². The van der Waals surface area contributed by atoms with Crippen molar-refractivity contribution in [3.63, 3.8) is 0 Å². The van der Waals surface area contributed by atoms with Crippen LogP contribution in [0.2, 0.25) is 0 Å². The van der Waals surface area contributed by atoms with Gasteiger partial charge in [0, 0.05) is 17.7 Å². The second kappa shape index (κ2) is 8.63. The van der Waals surface area contributed by atoms with Crippen molar-refractivity contribution >= 4 is 17.5 Å². The number of hydrogen-bond donors (Lipinski definition) is 3. The van der Waals surface area contributed by atoms with Gasteiger partial charge in [0.05, 0.1) is 0 Å². The minimum Gasteiger partial charge on any atom is -0.508 e. The van der Waals surface area contributed by atoms with Gasteiger partial charge in [-0.15, -0.1) is 0 Å². The first-order valence-electron chi connectivity index (χ1n) is 7.90. The molecule has 130 valence electrons. The van der Waals surface area contributed by atoms with E-state index in [1.807, 2.05) is 6.07 Å². The SMILES string of the molecule is CC(C)=NNC(=O)[C@H](Cc1ccc(O)cc1)NC(=O)c1ccccc1. The average Bonchev–Trinajstić information content (AvgIpc) is 2.61. The number of nitrogens with one attached hydrogen (secondary N) is 2.